The molecule has 0 aliphatic rings. The summed E-state index contributed by atoms with van der Waals surface area (Å²) in [7, 11) is 0.223. The number of anilines is 1. The lowest BCUT2D eigenvalue weighted by molar-refractivity contribution is 0.199. The summed E-state index contributed by atoms with van der Waals surface area (Å²) in [4.78, 5) is 10.1. The fraction of sp³-hybridized carbons (Fsp3) is 0.692. The monoisotopic (exact) mass is 315 g/mol. The van der Waals surface area contributed by atoms with Crippen molar-refractivity contribution in [1.29, 1.82) is 0 Å². The number of hydrogen-bond donors (Lipinski definition) is 2. The number of aromatic nitrogens is 2. The normalized spacial score (nSPS) is 12.7. The van der Waals surface area contributed by atoms with Crippen LogP contribution in [-0.4, -0.2) is 56.0 Å². The minimum Gasteiger partial charge on any atom is -0.354 e. The second kappa shape index (κ2) is 7.15. The molecular weight excluding hydrogens is 290 g/mol. The summed E-state index contributed by atoms with van der Waals surface area (Å²) in [5.41, 5.74) is -0.281. The van der Waals surface area contributed by atoms with Crippen LogP contribution in [0.1, 0.15) is 27.2 Å². The fourth-order valence-corrected chi connectivity index (χ4v) is 2.39. The SMILES string of the molecule is CCCNc1ncc(S(=O)(=O)NCC(C)(C)N(C)C)cn1. The first-order chi connectivity index (χ1) is 9.69. The van der Waals surface area contributed by atoms with Gasteiger partial charge < -0.3 is 10.2 Å². The Hall–Kier alpha value is -1.25. The van der Waals surface area contributed by atoms with Gasteiger partial charge in [-0.15, -0.1) is 0 Å². The maximum absolute atomic E-state index is 12.2. The Morgan fingerprint density at radius 1 is 1.24 bits per heavy atom. The van der Waals surface area contributed by atoms with Gasteiger partial charge in [-0.05, 0) is 34.4 Å². The van der Waals surface area contributed by atoms with E-state index >= 15 is 0 Å². The molecule has 21 heavy (non-hydrogen) atoms. The molecule has 0 aliphatic carbocycles. The molecule has 0 fully saturated rings. The highest BCUT2D eigenvalue weighted by atomic mass is 32.2. The van der Waals surface area contributed by atoms with Crippen LogP contribution in [0.2, 0.25) is 0 Å². The van der Waals surface area contributed by atoms with Crippen LogP contribution in [0.5, 0.6) is 0 Å². The molecule has 120 valence electrons. The van der Waals surface area contributed by atoms with Crippen molar-refractivity contribution in [2.24, 2.45) is 0 Å². The van der Waals surface area contributed by atoms with Gasteiger partial charge in [-0.25, -0.2) is 23.1 Å². The Labute approximate surface area is 127 Å². The van der Waals surface area contributed by atoms with Crippen molar-refractivity contribution >= 4 is 16.0 Å². The lowest BCUT2D eigenvalue weighted by Gasteiger charge is -2.32. The van der Waals surface area contributed by atoms with Crippen LogP contribution in [0.25, 0.3) is 0 Å². The van der Waals surface area contributed by atoms with E-state index in [1.807, 2.05) is 39.8 Å². The molecule has 0 amide bonds. The van der Waals surface area contributed by atoms with E-state index in [4.69, 9.17) is 0 Å². The molecule has 1 rings (SSSR count). The Morgan fingerprint density at radius 2 is 1.81 bits per heavy atom. The summed E-state index contributed by atoms with van der Waals surface area (Å²) in [6.45, 7) is 7.01. The Balaban J connectivity index is 2.74. The lowest BCUT2D eigenvalue weighted by Crippen LogP contribution is -2.48. The molecule has 0 atom stereocenters. The Kier molecular flexibility index (Phi) is 6.06. The van der Waals surface area contributed by atoms with Gasteiger partial charge in [0.2, 0.25) is 16.0 Å². The van der Waals surface area contributed by atoms with Gasteiger partial charge in [-0.2, -0.15) is 0 Å². The molecule has 0 saturated heterocycles. The summed E-state index contributed by atoms with van der Waals surface area (Å²) in [5.74, 6) is 0.435. The van der Waals surface area contributed by atoms with Crippen molar-refractivity contribution in [1.82, 2.24) is 19.6 Å². The van der Waals surface area contributed by atoms with Crippen LogP contribution in [0.3, 0.4) is 0 Å². The van der Waals surface area contributed by atoms with Crippen LogP contribution in [0, 0.1) is 0 Å². The molecule has 0 bridgehead atoms. The summed E-state index contributed by atoms with van der Waals surface area (Å²) < 4.78 is 27.0. The molecule has 0 spiro atoms. The van der Waals surface area contributed by atoms with E-state index < -0.39 is 10.0 Å². The summed E-state index contributed by atoms with van der Waals surface area (Å²) in [6.07, 6.45) is 3.58. The van der Waals surface area contributed by atoms with Gasteiger partial charge in [0, 0.05) is 18.6 Å². The number of likely N-dealkylation sites (N-methyl/N-ethyl adjacent to an activating group) is 1. The average molecular weight is 315 g/mol. The van der Waals surface area contributed by atoms with E-state index in [0.717, 1.165) is 13.0 Å². The minimum absolute atomic E-state index is 0.0686. The predicted octanol–water partition coefficient (Wildman–Crippen LogP) is 0.917. The first-order valence-electron chi connectivity index (χ1n) is 6.92. The van der Waals surface area contributed by atoms with Crippen LogP contribution < -0.4 is 10.0 Å². The number of rotatable bonds is 8. The third-order valence-corrected chi connectivity index (χ3v) is 4.73. The minimum atomic E-state index is -3.59. The first-order valence-corrected chi connectivity index (χ1v) is 8.40. The van der Waals surface area contributed by atoms with E-state index in [2.05, 4.69) is 20.0 Å². The van der Waals surface area contributed by atoms with Crippen LogP contribution in [0.4, 0.5) is 5.95 Å². The molecule has 8 heteroatoms. The summed E-state index contributed by atoms with van der Waals surface area (Å²) in [6, 6.07) is 0. The molecule has 1 aromatic rings. The van der Waals surface area contributed by atoms with Crippen LogP contribution in [0.15, 0.2) is 17.3 Å². The highest BCUT2D eigenvalue weighted by molar-refractivity contribution is 7.89. The lowest BCUT2D eigenvalue weighted by atomic mass is 10.1. The third-order valence-electron chi connectivity index (χ3n) is 3.38. The smallest absolute Gasteiger partial charge is 0.243 e. The summed E-state index contributed by atoms with van der Waals surface area (Å²) in [5, 5.41) is 3.00. The topological polar surface area (TPSA) is 87.2 Å². The third kappa shape index (κ3) is 5.22. The van der Waals surface area contributed by atoms with Crippen LogP contribution in [-0.2, 0) is 10.0 Å². The number of nitrogens with one attached hydrogen (secondary N) is 2. The number of hydrogen-bond acceptors (Lipinski definition) is 6. The van der Waals surface area contributed by atoms with Crippen molar-refractivity contribution in [2.75, 3.05) is 32.5 Å². The first kappa shape index (κ1) is 17.8. The van der Waals surface area contributed by atoms with Gasteiger partial charge in [0.25, 0.3) is 0 Å². The molecule has 1 heterocycles. The van der Waals surface area contributed by atoms with Gasteiger partial charge in [-0.1, -0.05) is 6.92 Å². The largest absolute Gasteiger partial charge is 0.354 e. The fourth-order valence-electron chi connectivity index (χ4n) is 1.30. The van der Waals surface area contributed by atoms with E-state index in [1.165, 1.54) is 12.4 Å². The molecule has 0 aliphatic heterocycles. The standard InChI is InChI=1S/C13H25N5O2S/c1-6-7-14-12-15-8-11(9-16-12)21(19,20)17-10-13(2,3)18(4)5/h8-9,17H,6-7,10H2,1-5H3,(H,14,15,16). The summed E-state index contributed by atoms with van der Waals surface area (Å²) >= 11 is 0. The highest BCUT2D eigenvalue weighted by Gasteiger charge is 2.24. The van der Waals surface area contributed by atoms with E-state index in [0.29, 0.717) is 12.5 Å². The van der Waals surface area contributed by atoms with Crippen LogP contribution >= 0.6 is 0 Å². The Morgan fingerprint density at radius 3 is 2.29 bits per heavy atom. The van der Waals surface area contributed by atoms with Gasteiger partial charge >= 0.3 is 0 Å². The van der Waals surface area contributed by atoms with Crippen molar-refractivity contribution < 1.29 is 8.42 Å². The van der Waals surface area contributed by atoms with E-state index in [9.17, 15) is 8.42 Å². The quantitative estimate of drug-likeness (QED) is 0.742. The molecule has 1 aromatic heterocycles. The number of nitrogens with zero attached hydrogens (tertiary/aromatic N) is 3. The average Bonchev–Trinajstić information content (AvgIpc) is 2.43. The molecule has 0 saturated carbocycles. The molecule has 0 aromatic carbocycles. The molecule has 0 radical (unpaired) electrons. The van der Waals surface area contributed by atoms with Crippen molar-refractivity contribution in [3.63, 3.8) is 0 Å². The number of sulfonamides is 1. The zero-order valence-electron chi connectivity index (χ0n) is 13.3. The maximum atomic E-state index is 12.2. The zero-order valence-corrected chi connectivity index (χ0v) is 14.2. The van der Waals surface area contributed by atoms with E-state index in [-0.39, 0.29) is 10.4 Å². The van der Waals surface area contributed by atoms with Crippen molar-refractivity contribution in [3.8, 4) is 0 Å². The maximum Gasteiger partial charge on any atom is 0.243 e. The molecule has 7 nitrogen and oxygen atoms in total. The van der Waals surface area contributed by atoms with Gasteiger partial charge in [0.15, 0.2) is 0 Å². The molecular formula is C13H25N5O2S. The Bertz CT molecular complexity index is 540. The van der Waals surface area contributed by atoms with Gasteiger partial charge in [-0.3, -0.25) is 0 Å². The second-order valence-electron chi connectivity index (χ2n) is 5.70. The predicted molar refractivity (Wildman–Crippen MR) is 83.8 cm³/mol. The zero-order chi connectivity index (χ0) is 16.1. The highest BCUT2D eigenvalue weighted by Crippen LogP contribution is 2.12. The van der Waals surface area contributed by atoms with Gasteiger partial charge in [0.05, 0.1) is 12.4 Å². The molecule has 2 N–H and O–H groups in total. The van der Waals surface area contributed by atoms with Gasteiger partial charge in [0.1, 0.15) is 4.90 Å². The molecule has 0 unspecified atom stereocenters. The van der Waals surface area contributed by atoms with E-state index in [1.54, 1.807) is 0 Å². The second-order valence-corrected chi connectivity index (χ2v) is 7.47. The van der Waals surface area contributed by atoms with Crippen molar-refractivity contribution in [2.45, 2.75) is 37.6 Å². The van der Waals surface area contributed by atoms with Crippen molar-refractivity contribution in [3.05, 3.63) is 12.4 Å².